The van der Waals surface area contributed by atoms with Crippen molar-refractivity contribution in [3.63, 3.8) is 0 Å². The summed E-state index contributed by atoms with van der Waals surface area (Å²) < 4.78 is 0. The minimum atomic E-state index is -0.280. The van der Waals surface area contributed by atoms with Crippen LogP contribution in [0.25, 0.3) is 0 Å². The van der Waals surface area contributed by atoms with Gasteiger partial charge in [0.25, 0.3) is 0 Å². The lowest BCUT2D eigenvalue weighted by Gasteiger charge is -2.21. The zero-order chi connectivity index (χ0) is 19.7. The Hall–Kier alpha value is -2.37. The molecule has 2 aliphatic heterocycles. The molecule has 1 saturated heterocycles. The molecule has 150 valence electrons. The number of carbonyl (C=O) groups excluding carboxylic acids is 3. The molecule has 1 saturated carbocycles. The second-order valence-corrected chi connectivity index (χ2v) is 8.34. The number of hydrogen-bond acceptors (Lipinski definition) is 3. The van der Waals surface area contributed by atoms with E-state index in [0.29, 0.717) is 13.1 Å². The predicted molar refractivity (Wildman–Crippen MR) is 108 cm³/mol. The molecule has 3 amide bonds. The van der Waals surface area contributed by atoms with E-state index in [-0.39, 0.29) is 36.1 Å². The Labute approximate surface area is 166 Å². The number of anilines is 2. The maximum atomic E-state index is 12.7. The van der Waals surface area contributed by atoms with E-state index >= 15 is 0 Å². The van der Waals surface area contributed by atoms with Crippen molar-refractivity contribution in [2.24, 2.45) is 5.92 Å². The van der Waals surface area contributed by atoms with E-state index in [1.165, 1.54) is 25.7 Å². The van der Waals surface area contributed by atoms with Crippen LogP contribution >= 0.6 is 0 Å². The monoisotopic (exact) mass is 383 g/mol. The minimum absolute atomic E-state index is 0.00221. The Morgan fingerprint density at radius 1 is 1.11 bits per heavy atom. The van der Waals surface area contributed by atoms with Crippen LogP contribution in [0.3, 0.4) is 0 Å². The summed E-state index contributed by atoms with van der Waals surface area (Å²) in [5.41, 5.74) is 2.86. The number of fused-ring (bicyclic) bond motifs is 1. The molecule has 1 aliphatic carbocycles. The molecule has 1 aromatic carbocycles. The third-order valence-electron chi connectivity index (χ3n) is 6.35. The highest BCUT2D eigenvalue weighted by Crippen LogP contribution is 2.34. The number of amides is 3. The molecule has 1 aromatic rings. The van der Waals surface area contributed by atoms with Gasteiger partial charge < -0.3 is 15.1 Å². The number of nitrogens with one attached hydrogen (secondary N) is 1. The van der Waals surface area contributed by atoms with E-state index in [4.69, 9.17) is 0 Å². The van der Waals surface area contributed by atoms with Crippen molar-refractivity contribution in [3.8, 4) is 0 Å². The lowest BCUT2D eigenvalue weighted by Crippen LogP contribution is -2.39. The van der Waals surface area contributed by atoms with Crippen LogP contribution < -0.4 is 15.1 Å². The molecule has 0 spiro atoms. The van der Waals surface area contributed by atoms with Gasteiger partial charge in [-0.25, -0.2) is 0 Å². The summed E-state index contributed by atoms with van der Waals surface area (Å²) >= 11 is 0. The minimum Gasteiger partial charge on any atom is -0.353 e. The van der Waals surface area contributed by atoms with Gasteiger partial charge in [-0.15, -0.1) is 0 Å². The standard InChI is InChI=1S/C22H29N3O3/c1-15(26)24-11-10-16-12-19(8-9-20(16)24)25-14-17(13-21(25)27)22(28)23-18-6-4-2-3-5-7-18/h8-9,12,17-18H,2-7,10-11,13-14H2,1H3,(H,23,28)/t17-/m0/s1. The summed E-state index contributed by atoms with van der Waals surface area (Å²) in [6.45, 7) is 2.70. The number of hydrogen-bond donors (Lipinski definition) is 1. The third kappa shape index (κ3) is 3.77. The van der Waals surface area contributed by atoms with Crippen molar-refractivity contribution in [1.29, 1.82) is 0 Å². The van der Waals surface area contributed by atoms with E-state index in [0.717, 1.165) is 36.2 Å². The summed E-state index contributed by atoms with van der Waals surface area (Å²) in [5.74, 6) is -0.217. The summed E-state index contributed by atoms with van der Waals surface area (Å²) in [5, 5.41) is 3.19. The van der Waals surface area contributed by atoms with Gasteiger partial charge in [-0.05, 0) is 43.0 Å². The molecular formula is C22H29N3O3. The maximum absolute atomic E-state index is 12.7. The van der Waals surface area contributed by atoms with Crippen molar-refractivity contribution < 1.29 is 14.4 Å². The number of carbonyl (C=O) groups is 3. The SMILES string of the molecule is CC(=O)N1CCc2cc(N3C[C@@H](C(=O)NC4CCCCCC4)CC3=O)ccc21. The van der Waals surface area contributed by atoms with E-state index in [1.54, 1.807) is 16.7 Å². The van der Waals surface area contributed by atoms with Gasteiger partial charge in [0.05, 0.1) is 5.92 Å². The Kier molecular flexibility index (Phi) is 5.38. The smallest absolute Gasteiger partial charge is 0.227 e. The topological polar surface area (TPSA) is 69.7 Å². The summed E-state index contributed by atoms with van der Waals surface area (Å²) in [6, 6.07) is 6.08. The van der Waals surface area contributed by atoms with Crippen LogP contribution in [-0.2, 0) is 20.8 Å². The zero-order valence-corrected chi connectivity index (χ0v) is 16.6. The molecule has 3 aliphatic rings. The highest BCUT2D eigenvalue weighted by atomic mass is 16.2. The first-order valence-corrected chi connectivity index (χ1v) is 10.5. The van der Waals surface area contributed by atoms with Gasteiger partial charge in [-0.1, -0.05) is 25.7 Å². The van der Waals surface area contributed by atoms with Gasteiger partial charge in [0.1, 0.15) is 0 Å². The molecule has 2 fully saturated rings. The average molecular weight is 383 g/mol. The second kappa shape index (κ2) is 7.94. The fourth-order valence-electron chi connectivity index (χ4n) is 4.76. The molecule has 0 radical (unpaired) electrons. The highest BCUT2D eigenvalue weighted by molar-refractivity contribution is 6.01. The molecule has 6 nitrogen and oxygen atoms in total. The van der Waals surface area contributed by atoms with Crippen LogP contribution in [-0.4, -0.2) is 36.9 Å². The van der Waals surface area contributed by atoms with Gasteiger partial charge in [0, 0.05) is 43.9 Å². The maximum Gasteiger partial charge on any atom is 0.227 e. The second-order valence-electron chi connectivity index (χ2n) is 8.34. The van der Waals surface area contributed by atoms with Crippen LogP contribution in [0, 0.1) is 5.92 Å². The Morgan fingerprint density at radius 2 is 1.86 bits per heavy atom. The van der Waals surface area contributed by atoms with E-state index in [1.807, 2.05) is 18.2 Å². The first-order valence-electron chi connectivity index (χ1n) is 10.5. The number of benzene rings is 1. The predicted octanol–water partition coefficient (Wildman–Crippen LogP) is 2.79. The quantitative estimate of drug-likeness (QED) is 0.816. The molecule has 4 rings (SSSR count). The molecule has 28 heavy (non-hydrogen) atoms. The Balaban J connectivity index is 1.42. The van der Waals surface area contributed by atoms with Crippen molar-refractivity contribution >= 4 is 29.1 Å². The van der Waals surface area contributed by atoms with Crippen LogP contribution in [0.2, 0.25) is 0 Å². The van der Waals surface area contributed by atoms with Crippen LogP contribution in [0.4, 0.5) is 11.4 Å². The summed E-state index contributed by atoms with van der Waals surface area (Å²) in [7, 11) is 0. The first kappa shape index (κ1) is 19.0. The molecule has 0 unspecified atom stereocenters. The summed E-state index contributed by atoms with van der Waals surface area (Å²) in [6.07, 6.45) is 8.02. The van der Waals surface area contributed by atoms with Crippen molar-refractivity contribution in [1.82, 2.24) is 5.32 Å². The van der Waals surface area contributed by atoms with E-state index in [9.17, 15) is 14.4 Å². The Morgan fingerprint density at radius 3 is 2.57 bits per heavy atom. The lowest BCUT2D eigenvalue weighted by atomic mass is 10.0. The van der Waals surface area contributed by atoms with Crippen molar-refractivity contribution in [2.45, 2.75) is 64.3 Å². The molecule has 0 bridgehead atoms. The molecule has 6 heteroatoms. The zero-order valence-electron chi connectivity index (χ0n) is 16.6. The molecular weight excluding hydrogens is 354 g/mol. The number of rotatable bonds is 3. The van der Waals surface area contributed by atoms with Crippen molar-refractivity contribution in [2.75, 3.05) is 22.9 Å². The highest BCUT2D eigenvalue weighted by Gasteiger charge is 2.36. The fourth-order valence-corrected chi connectivity index (χ4v) is 4.76. The van der Waals surface area contributed by atoms with Crippen LogP contribution in [0.1, 0.15) is 57.4 Å². The first-order chi connectivity index (χ1) is 13.5. The fraction of sp³-hybridized carbons (Fsp3) is 0.591. The van der Waals surface area contributed by atoms with Gasteiger partial charge in [-0.2, -0.15) is 0 Å². The molecule has 0 aromatic heterocycles. The van der Waals surface area contributed by atoms with E-state index in [2.05, 4.69) is 5.32 Å². The van der Waals surface area contributed by atoms with Gasteiger partial charge >= 0.3 is 0 Å². The van der Waals surface area contributed by atoms with Crippen molar-refractivity contribution in [3.05, 3.63) is 23.8 Å². The van der Waals surface area contributed by atoms with E-state index < -0.39 is 0 Å². The summed E-state index contributed by atoms with van der Waals surface area (Å²) in [4.78, 5) is 40.5. The number of nitrogens with zero attached hydrogens (tertiary/aromatic N) is 2. The average Bonchev–Trinajstić information content (AvgIpc) is 3.18. The van der Waals surface area contributed by atoms with Gasteiger partial charge in [0.15, 0.2) is 0 Å². The lowest BCUT2D eigenvalue weighted by molar-refractivity contribution is -0.127. The largest absolute Gasteiger partial charge is 0.353 e. The van der Waals surface area contributed by atoms with Crippen LogP contribution in [0.5, 0.6) is 0 Å². The van der Waals surface area contributed by atoms with Gasteiger partial charge in [0.2, 0.25) is 17.7 Å². The molecule has 2 heterocycles. The molecule has 1 atom stereocenters. The Bertz CT molecular complexity index is 783. The third-order valence-corrected chi connectivity index (χ3v) is 6.35. The normalized spacial score (nSPS) is 22.9. The van der Waals surface area contributed by atoms with Gasteiger partial charge in [-0.3, -0.25) is 14.4 Å². The van der Waals surface area contributed by atoms with Crippen LogP contribution in [0.15, 0.2) is 18.2 Å². The molecule has 1 N–H and O–H groups in total.